The van der Waals surface area contributed by atoms with E-state index in [1.165, 1.54) is 0 Å². The van der Waals surface area contributed by atoms with Crippen molar-refractivity contribution in [3.8, 4) is 11.1 Å². The van der Waals surface area contributed by atoms with Crippen molar-refractivity contribution in [2.75, 3.05) is 0 Å². The number of nitrogens with zero attached hydrogens (tertiary/aromatic N) is 1. The summed E-state index contributed by atoms with van der Waals surface area (Å²) < 4.78 is 1.14. The number of hydrogen-bond acceptors (Lipinski definition) is 1. The van der Waals surface area contributed by atoms with Crippen LogP contribution in [0, 0.1) is 6.92 Å². The second kappa shape index (κ2) is 5.91. The van der Waals surface area contributed by atoms with Gasteiger partial charge in [-0.05, 0) is 11.6 Å². The Morgan fingerprint density at radius 1 is 0.875 bits per heavy atom. The molecule has 0 aliphatic carbocycles. The summed E-state index contributed by atoms with van der Waals surface area (Å²) in [6, 6.07) is 13.9. The maximum Gasteiger partial charge on any atom is 0.231 e. The first-order valence-corrected chi connectivity index (χ1v) is 5.54. The van der Waals surface area contributed by atoms with Crippen LogP contribution >= 0.6 is 0 Å². The van der Waals surface area contributed by atoms with Gasteiger partial charge in [0.25, 0.3) is 0 Å². The molecule has 0 spiro atoms. The molecule has 84 valence electrons. The van der Waals surface area contributed by atoms with Crippen molar-refractivity contribution in [3.63, 3.8) is 0 Å². The highest BCUT2D eigenvalue weighted by atomic mass is 16.5. The van der Waals surface area contributed by atoms with Crippen LogP contribution in [0.4, 0.5) is 0 Å². The molecule has 0 aliphatic rings. The molecule has 0 atom stereocenters. The predicted molar refractivity (Wildman–Crippen MR) is 65.3 cm³/mol. The van der Waals surface area contributed by atoms with Crippen LogP contribution in [-0.2, 0) is 0 Å². The lowest BCUT2D eigenvalue weighted by molar-refractivity contribution is -0.908. The molecule has 0 aliphatic heterocycles. The van der Waals surface area contributed by atoms with E-state index in [0.717, 1.165) is 21.6 Å². The van der Waals surface area contributed by atoms with Gasteiger partial charge in [0.2, 0.25) is 11.9 Å². The maximum atomic E-state index is 9.48. The van der Waals surface area contributed by atoms with Crippen molar-refractivity contribution in [2.24, 2.45) is 0 Å². The third-order valence-electron chi connectivity index (χ3n) is 2.23. The van der Waals surface area contributed by atoms with E-state index >= 15 is 0 Å². The first-order chi connectivity index (χ1) is 7.77. The van der Waals surface area contributed by atoms with Gasteiger partial charge in [-0.1, -0.05) is 44.2 Å². The van der Waals surface area contributed by atoms with Crippen molar-refractivity contribution in [3.05, 3.63) is 54.4 Å². The Morgan fingerprint density at radius 3 is 2.06 bits per heavy atom. The lowest BCUT2D eigenvalue weighted by Gasteiger charge is -1.98. The third-order valence-corrected chi connectivity index (χ3v) is 2.23. The van der Waals surface area contributed by atoms with E-state index in [4.69, 9.17) is 0 Å². The average Bonchev–Trinajstić information content (AvgIpc) is 2.36. The fourth-order valence-corrected chi connectivity index (χ4v) is 1.36. The molecule has 2 aromatic rings. The van der Waals surface area contributed by atoms with Crippen LogP contribution in [-0.4, -0.2) is 5.21 Å². The third kappa shape index (κ3) is 2.83. The normalized spacial score (nSPS) is 9.19. The van der Waals surface area contributed by atoms with Crippen LogP contribution in [0.5, 0.6) is 0 Å². The van der Waals surface area contributed by atoms with Gasteiger partial charge < -0.3 is 0 Å². The fraction of sp³-hybridized carbons (Fsp3) is 0.214. The van der Waals surface area contributed by atoms with E-state index in [2.05, 4.69) is 0 Å². The number of rotatable bonds is 1. The molecule has 0 amide bonds. The van der Waals surface area contributed by atoms with Crippen molar-refractivity contribution in [2.45, 2.75) is 20.8 Å². The van der Waals surface area contributed by atoms with Crippen molar-refractivity contribution >= 4 is 0 Å². The highest BCUT2D eigenvalue weighted by Crippen LogP contribution is 2.16. The molecule has 0 bridgehead atoms. The highest BCUT2D eigenvalue weighted by molar-refractivity contribution is 5.61. The predicted octanol–water partition coefficient (Wildman–Crippen LogP) is 3.21. The molecule has 1 aromatic carbocycles. The molecule has 1 aromatic heterocycles. The number of aryl methyl sites for hydroxylation is 1. The SMILES string of the molecule is CC.Cc1ccc(-c2ccccc2)c[n+]1O. The van der Waals surface area contributed by atoms with Crippen LogP contribution in [0.1, 0.15) is 19.5 Å². The van der Waals surface area contributed by atoms with Crippen molar-refractivity contribution in [1.29, 1.82) is 0 Å². The molecular weight excluding hydrogens is 198 g/mol. The summed E-state index contributed by atoms with van der Waals surface area (Å²) >= 11 is 0. The largest absolute Gasteiger partial charge is 0.285 e. The summed E-state index contributed by atoms with van der Waals surface area (Å²) in [6.45, 7) is 5.86. The van der Waals surface area contributed by atoms with E-state index in [9.17, 15) is 5.21 Å². The molecule has 0 saturated carbocycles. The van der Waals surface area contributed by atoms with Crippen LogP contribution in [0.25, 0.3) is 11.1 Å². The van der Waals surface area contributed by atoms with Crippen LogP contribution in [0.2, 0.25) is 0 Å². The topological polar surface area (TPSA) is 24.1 Å². The number of hydrogen-bond donors (Lipinski definition) is 1. The van der Waals surface area contributed by atoms with Crippen LogP contribution in [0.3, 0.4) is 0 Å². The zero-order valence-electron chi connectivity index (χ0n) is 10.0. The lowest BCUT2D eigenvalue weighted by Crippen LogP contribution is -2.32. The van der Waals surface area contributed by atoms with Gasteiger partial charge in [0.1, 0.15) is 0 Å². The first kappa shape index (κ1) is 12.2. The van der Waals surface area contributed by atoms with Crippen LogP contribution in [0.15, 0.2) is 48.7 Å². The van der Waals surface area contributed by atoms with Gasteiger partial charge in [-0.25, -0.2) is 0 Å². The Morgan fingerprint density at radius 2 is 1.50 bits per heavy atom. The Bertz CT molecular complexity index is 438. The van der Waals surface area contributed by atoms with Crippen molar-refractivity contribution < 1.29 is 9.94 Å². The van der Waals surface area contributed by atoms with E-state index in [1.54, 1.807) is 6.20 Å². The molecule has 1 heterocycles. The smallest absolute Gasteiger partial charge is 0.231 e. The Hall–Kier alpha value is -1.83. The Kier molecular flexibility index (Phi) is 4.52. The molecule has 1 N–H and O–H groups in total. The molecular formula is C14H18NO+. The molecule has 0 fully saturated rings. The molecule has 2 nitrogen and oxygen atoms in total. The summed E-state index contributed by atoms with van der Waals surface area (Å²) in [7, 11) is 0. The van der Waals surface area contributed by atoms with E-state index in [0.29, 0.717) is 0 Å². The first-order valence-electron chi connectivity index (χ1n) is 5.54. The van der Waals surface area contributed by atoms with Gasteiger partial charge in [-0.3, -0.25) is 5.21 Å². The maximum absolute atomic E-state index is 9.48. The second-order valence-electron chi connectivity index (χ2n) is 3.27. The van der Waals surface area contributed by atoms with Gasteiger partial charge >= 0.3 is 0 Å². The second-order valence-corrected chi connectivity index (χ2v) is 3.27. The summed E-state index contributed by atoms with van der Waals surface area (Å²) in [5.74, 6) is 0. The minimum atomic E-state index is 0.824. The molecule has 16 heavy (non-hydrogen) atoms. The Balaban J connectivity index is 0.000000606. The lowest BCUT2D eigenvalue weighted by atomic mass is 10.1. The summed E-state index contributed by atoms with van der Waals surface area (Å²) in [6.07, 6.45) is 1.71. The van der Waals surface area contributed by atoms with Gasteiger partial charge in [0.05, 0.1) is 5.56 Å². The summed E-state index contributed by atoms with van der Waals surface area (Å²) in [4.78, 5) is 0. The number of pyridine rings is 1. The van der Waals surface area contributed by atoms with Gasteiger partial charge in [0, 0.05) is 17.7 Å². The quantitative estimate of drug-likeness (QED) is 0.574. The summed E-state index contributed by atoms with van der Waals surface area (Å²) in [5, 5.41) is 9.48. The fourth-order valence-electron chi connectivity index (χ4n) is 1.36. The Labute approximate surface area is 96.8 Å². The van der Waals surface area contributed by atoms with Gasteiger partial charge in [-0.2, -0.15) is 0 Å². The van der Waals surface area contributed by atoms with E-state index < -0.39 is 0 Å². The van der Waals surface area contributed by atoms with Gasteiger partial charge in [-0.15, -0.1) is 0 Å². The molecule has 0 saturated heterocycles. The van der Waals surface area contributed by atoms with Crippen molar-refractivity contribution in [1.82, 2.24) is 0 Å². The molecule has 2 rings (SSSR count). The van der Waals surface area contributed by atoms with Crippen LogP contribution < -0.4 is 4.73 Å². The zero-order valence-corrected chi connectivity index (χ0v) is 10.0. The minimum absolute atomic E-state index is 0.824. The van der Waals surface area contributed by atoms with E-state index in [1.807, 2.05) is 63.2 Å². The van der Waals surface area contributed by atoms with Gasteiger partial charge in [0.15, 0.2) is 0 Å². The number of aromatic nitrogens is 1. The number of benzene rings is 1. The standard InChI is InChI=1S/C12H12NO.C2H6/c1-10-7-8-12(9-13(10)14)11-5-3-2-4-6-11;1-2/h2-9,14H,1H3;1-2H3/q+1;. The zero-order chi connectivity index (χ0) is 12.0. The molecule has 2 heteroatoms. The average molecular weight is 216 g/mol. The molecule has 0 unspecified atom stereocenters. The monoisotopic (exact) mass is 216 g/mol. The highest BCUT2D eigenvalue weighted by Gasteiger charge is 2.06. The summed E-state index contributed by atoms with van der Waals surface area (Å²) in [5.41, 5.74) is 2.94. The van der Waals surface area contributed by atoms with E-state index in [-0.39, 0.29) is 0 Å². The minimum Gasteiger partial charge on any atom is -0.285 e. The molecule has 0 radical (unpaired) electrons.